The minimum Gasteiger partial charge on any atom is -0.486 e. The second-order valence-corrected chi connectivity index (χ2v) is 8.13. The molecule has 2 aromatic carbocycles. The molecule has 0 spiro atoms. The molecule has 1 heterocycles. The van der Waals surface area contributed by atoms with Gasteiger partial charge in [0.2, 0.25) is 15.9 Å². The van der Waals surface area contributed by atoms with Gasteiger partial charge in [0.15, 0.2) is 11.5 Å². The first kappa shape index (κ1) is 20.8. The standard InChI is InChI=1S/C18H17F3N2O5S/c1-29(25,26)23(14-5-6-15-16(10-14)28-8-7-27-15)11-17(24)22-13-4-2-3-12(9-13)18(19,20)21/h2-6,9-10H,7-8,11H2,1H3,(H,22,24). The topological polar surface area (TPSA) is 84.9 Å². The van der Waals surface area contributed by atoms with Gasteiger partial charge in [0.25, 0.3) is 0 Å². The summed E-state index contributed by atoms with van der Waals surface area (Å²) in [4.78, 5) is 12.3. The van der Waals surface area contributed by atoms with Crippen molar-refractivity contribution in [2.24, 2.45) is 0 Å². The Morgan fingerprint density at radius 2 is 1.79 bits per heavy atom. The summed E-state index contributed by atoms with van der Waals surface area (Å²) in [6.45, 7) is 0.0294. The molecule has 1 amide bonds. The number of rotatable bonds is 5. The van der Waals surface area contributed by atoms with Crippen molar-refractivity contribution < 1.29 is 35.9 Å². The SMILES string of the molecule is CS(=O)(=O)N(CC(=O)Nc1cccc(C(F)(F)F)c1)c1ccc2c(c1)OCCO2. The zero-order valence-electron chi connectivity index (χ0n) is 15.2. The highest BCUT2D eigenvalue weighted by atomic mass is 32.2. The fourth-order valence-corrected chi connectivity index (χ4v) is 3.54. The fourth-order valence-electron chi connectivity index (χ4n) is 2.69. The Labute approximate surface area is 165 Å². The Kier molecular flexibility index (Phi) is 5.60. The van der Waals surface area contributed by atoms with Crippen LogP contribution in [0.25, 0.3) is 0 Å². The lowest BCUT2D eigenvalue weighted by molar-refractivity contribution is -0.137. The van der Waals surface area contributed by atoms with Crippen molar-refractivity contribution in [3.63, 3.8) is 0 Å². The Hall–Kier alpha value is -2.95. The van der Waals surface area contributed by atoms with Gasteiger partial charge >= 0.3 is 6.18 Å². The van der Waals surface area contributed by atoms with Crippen LogP contribution in [0.2, 0.25) is 0 Å². The lowest BCUT2D eigenvalue weighted by Gasteiger charge is -2.24. The predicted molar refractivity (Wildman–Crippen MR) is 99.7 cm³/mol. The van der Waals surface area contributed by atoms with E-state index in [9.17, 15) is 26.4 Å². The summed E-state index contributed by atoms with van der Waals surface area (Å²) in [5, 5.41) is 2.29. The zero-order chi connectivity index (χ0) is 21.2. The number of nitrogens with zero attached hydrogens (tertiary/aromatic N) is 1. The van der Waals surface area contributed by atoms with Gasteiger partial charge in [-0.15, -0.1) is 0 Å². The normalized spacial score (nSPS) is 13.7. The molecule has 0 unspecified atom stereocenters. The largest absolute Gasteiger partial charge is 0.486 e. The van der Waals surface area contributed by atoms with Crippen LogP contribution in [0.3, 0.4) is 0 Å². The number of fused-ring (bicyclic) bond motifs is 1. The van der Waals surface area contributed by atoms with Crippen molar-refractivity contribution in [3.05, 3.63) is 48.0 Å². The number of carbonyl (C=O) groups excluding carboxylic acids is 1. The molecule has 0 saturated carbocycles. The van der Waals surface area contributed by atoms with E-state index in [1.54, 1.807) is 0 Å². The van der Waals surface area contributed by atoms with Gasteiger partial charge in [0, 0.05) is 11.8 Å². The average molecular weight is 430 g/mol. The summed E-state index contributed by atoms with van der Waals surface area (Å²) in [5.74, 6) is -0.0211. The molecule has 1 aliphatic heterocycles. The Morgan fingerprint density at radius 3 is 2.45 bits per heavy atom. The average Bonchev–Trinajstić information content (AvgIpc) is 2.64. The number of anilines is 2. The van der Waals surface area contributed by atoms with Crippen LogP contribution in [0.15, 0.2) is 42.5 Å². The molecule has 0 aliphatic carbocycles. The van der Waals surface area contributed by atoms with Crippen molar-refractivity contribution in [2.45, 2.75) is 6.18 Å². The maximum atomic E-state index is 12.8. The molecule has 1 aliphatic rings. The lowest BCUT2D eigenvalue weighted by Crippen LogP contribution is -2.37. The van der Waals surface area contributed by atoms with Crippen LogP contribution < -0.4 is 19.1 Å². The lowest BCUT2D eigenvalue weighted by atomic mass is 10.2. The van der Waals surface area contributed by atoms with E-state index in [0.717, 1.165) is 28.8 Å². The number of benzene rings is 2. The number of halogens is 3. The molecule has 7 nitrogen and oxygen atoms in total. The van der Waals surface area contributed by atoms with Gasteiger partial charge in [-0.25, -0.2) is 8.42 Å². The van der Waals surface area contributed by atoms with Gasteiger partial charge in [-0.3, -0.25) is 9.10 Å². The Bertz CT molecular complexity index is 1020. The van der Waals surface area contributed by atoms with Gasteiger partial charge in [-0.05, 0) is 30.3 Å². The molecule has 156 valence electrons. The van der Waals surface area contributed by atoms with Crippen LogP contribution >= 0.6 is 0 Å². The molecular formula is C18H17F3N2O5S. The third-order valence-electron chi connectivity index (χ3n) is 3.97. The summed E-state index contributed by atoms with van der Waals surface area (Å²) >= 11 is 0. The summed E-state index contributed by atoms with van der Waals surface area (Å²) in [6.07, 6.45) is -3.65. The molecule has 3 rings (SSSR count). The number of carbonyl (C=O) groups is 1. The summed E-state index contributed by atoms with van der Waals surface area (Å²) in [7, 11) is -3.87. The van der Waals surface area contributed by atoms with Crippen molar-refractivity contribution in [2.75, 3.05) is 35.6 Å². The highest BCUT2D eigenvalue weighted by Gasteiger charge is 2.30. The quantitative estimate of drug-likeness (QED) is 0.789. The van der Waals surface area contributed by atoms with Crippen LogP contribution in [0.5, 0.6) is 11.5 Å². The van der Waals surface area contributed by atoms with E-state index in [1.807, 2.05) is 0 Å². The molecule has 1 N–H and O–H groups in total. The number of ether oxygens (including phenoxy) is 2. The first-order chi connectivity index (χ1) is 13.5. The first-order valence-corrected chi connectivity index (χ1v) is 10.2. The maximum absolute atomic E-state index is 12.8. The number of amides is 1. The van der Waals surface area contributed by atoms with Gasteiger partial charge < -0.3 is 14.8 Å². The van der Waals surface area contributed by atoms with E-state index in [0.29, 0.717) is 24.7 Å². The van der Waals surface area contributed by atoms with Gasteiger partial charge in [-0.2, -0.15) is 13.2 Å². The van der Waals surface area contributed by atoms with Crippen LogP contribution in [0.4, 0.5) is 24.5 Å². The van der Waals surface area contributed by atoms with Crippen LogP contribution in [-0.4, -0.2) is 40.3 Å². The van der Waals surface area contributed by atoms with Crippen LogP contribution in [0.1, 0.15) is 5.56 Å². The predicted octanol–water partition coefficient (Wildman–Crippen LogP) is 2.88. The first-order valence-electron chi connectivity index (χ1n) is 8.38. The van der Waals surface area contributed by atoms with Crippen molar-refractivity contribution >= 4 is 27.3 Å². The van der Waals surface area contributed by atoms with E-state index >= 15 is 0 Å². The summed E-state index contributed by atoms with van der Waals surface area (Å²) in [5.41, 5.74) is -0.863. The van der Waals surface area contributed by atoms with Crippen molar-refractivity contribution in [1.29, 1.82) is 0 Å². The molecule has 0 saturated heterocycles. The highest BCUT2D eigenvalue weighted by Crippen LogP contribution is 2.35. The third-order valence-corrected chi connectivity index (χ3v) is 5.12. The number of alkyl halides is 3. The number of nitrogens with one attached hydrogen (secondary N) is 1. The molecule has 0 fully saturated rings. The number of hydrogen-bond donors (Lipinski definition) is 1. The smallest absolute Gasteiger partial charge is 0.416 e. The molecule has 0 bridgehead atoms. The van der Waals surface area contributed by atoms with Crippen LogP contribution in [0, 0.1) is 0 Å². The molecule has 0 atom stereocenters. The molecule has 0 aromatic heterocycles. The van der Waals surface area contributed by atoms with E-state index < -0.39 is 34.2 Å². The number of hydrogen-bond acceptors (Lipinski definition) is 5. The molecule has 0 radical (unpaired) electrons. The summed E-state index contributed by atoms with van der Waals surface area (Å²) in [6, 6.07) is 8.46. The van der Waals surface area contributed by atoms with E-state index in [4.69, 9.17) is 9.47 Å². The molecule has 2 aromatic rings. The van der Waals surface area contributed by atoms with E-state index in [2.05, 4.69) is 5.32 Å². The second-order valence-electron chi connectivity index (χ2n) is 6.22. The second kappa shape index (κ2) is 7.82. The third kappa shape index (κ3) is 5.11. The molecule has 29 heavy (non-hydrogen) atoms. The number of sulfonamides is 1. The van der Waals surface area contributed by atoms with Crippen LogP contribution in [-0.2, 0) is 21.0 Å². The van der Waals surface area contributed by atoms with Gasteiger partial charge in [0.05, 0.1) is 17.5 Å². The van der Waals surface area contributed by atoms with Crippen molar-refractivity contribution in [3.8, 4) is 11.5 Å². The van der Waals surface area contributed by atoms with Gasteiger partial charge in [-0.1, -0.05) is 6.07 Å². The minimum absolute atomic E-state index is 0.0968. The Morgan fingerprint density at radius 1 is 1.10 bits per heavy atom. The van der Waals surface area contributed by atoms with Crippen molar-refractivity contribution in [1.82, 2.24) is 0 Å². The van der Waals surface area contributed by atoms with Gasteiger partial charge in [0.1, 0.15) is 19.8 Å². The maximum Gasteiger partial charge on any atom is 0.416 e. The zero-order valence-corrected chi connectivity index (χ0v) is 16.0. The van der Waals surface area contributed by atoms with E-state index in [-0.39, 0.29) is 11.4 Å². The molecular weight excluding hydrogens is 413 g/mol. The molecule has 11 heteroatoms. The van der Waals surface area contributed by atoms with E-state index in [1.165, 1.54) is 24.3 Å². The summed E-state index contributed by atoms with van der Waals surface area (Å²) < 4.78 is 74.4. The monoisotopic (exact) mass is 430 g/mol. The highest BCUT2D eigenvalue weighted by molar-refractivity contribution is 7.92. The fraction of sp³-hybridized carbons (Fsp3) is 0.278. The minimum atomic E-state index is -4.56. The Balaban J connectivity index is 1.80.